The van der Waals surface area contributed by atoms with Crippen LogP contribution in [0, 0.1) is 0 Å². The number of carbonyl (C=O) groups excluding carboxylic acids is 2. The van der Waals surface area contributed by atoms with Gasteiger partial charge in [0, 0.05) is 12.2 Å². The fourth-order valence-corrected chi connectivity index (χ4v) is 5.34. The van der Waals surface area contributed by atoms with Crippen LogP contribution in [0.15, 0.2) is 81.4 Å². The molecule has 2 aromatic heterocycles. The Morgan fingerprint density at radius 1 is 1.02 bits per heavy atom. The number of sulfonamides is 1. The van der Waals surface area contributed by atoms with Gasteiger partial charge in [0.2, 0.25) is 11.7 Å². The van der Waals surface area contributed by atoms with Crippen LogP contribution in [0.25, 0.3) is 17.3 Å². The van der Waals surface area contributed by atoms with Gasteiger partial charge >= 0.3 is 6.03 Å². The molecule has 0 aliphatic rings. The maximum Gasteiger partial charge on any atom is 0.328 e. The Labute approximate surface area is 241 Å². The zero-order valence-corrected chi connectivity index (χ0v) is 24.1. The lowest BCUT2D eigenvalue weighted by atomic mass is 10.3. The van der Waals surface area contributed by atoms with Crippen LogP contribution in [0.2, 0.25) is 0 Å². The highest BCUT2D eigenvalue weighted by Gasteiger charge is 2.20. The molecule has 0 aliphatic carbocycles. The van der Waals surface area contributed by atoms with E-state index >= 15 is 0 Å². The normalized spacial score (nSPS) is 11.2. The van der Waals surface area contributed by atoms with Gasteiger partial charge in [-0.2, -0.15) is 0 Å². The highest BCUT2D eigenvalue weighted by atomic mass is 32.2. The molecule has 0 saturated carbocycles. The lowest BCUT2D eigenvalue weighted by molar-refractivity contribution is -0.113. The number of hydrogen-bond acceptors (Lipinski definition) is 9. The first-order chi connectivity index (χ1) is 19.8. The molecular weight excluding hydrogens is 568 g/mol. The first-order valence-corrected chi connectivity index (χ1v) is 15.3. The minimum absolute atomic E-state index is 0.00680. The Hall–Kier alpha value is -4.30. The molecule has 2 aromatic carbocycles. The Morgan fingerprint density at radius 3 is 2.44 bits per heavy atom. The zero-order chi connectivity index (χ0) is 29.2. The summed E-state index contributed by atoms with van der Waals surface area (Å²) in [7, 11) is -4.05. The van der Waals surface area contributed by atoms with Crippen molar-refractivity contribution in [3.05, 3.63) is 66.9 Å². The van der Waals surface area contributed by atoms with E-state index in [0.717, 1.165) is 24.3 Å². The summed E-state index contributed by atoms with van der Waals surface area (Å²) in [5.74, 6) is 1.40. The maximum atomic E-state index is 12.7. The van der Waals surface area contributed by atoms with Crippen molar-refractivity contribution in [1.82, 2.24) is 24.8 Å². The van der Waals surface area contributed by atoms with Gasteiger partial charge in [-0.25, -0.2) is 17.9 Å². The van der Waals surface area contributed by atoms with Gasteiger partial charge in [-0.1, -0.05) is 25.1 Å². The fraction of sp³-hybridized carbons (Fsp3) is 0.259. The number of rotatable bonds is 13. The number of urea groups is 1. The first-order valence-electron chi connectivity index (χ1n) is 12.9. The molecule has 0 fully saturated rings. The Kier molecular flexibility index (Phi) is 10.0. The van der Waals surface area contributed by atoms with E-state index in [1.54, 1.807) is 23.0 Å². The lowest BCUT2D eigenvalue weighted by Gasteiger charge is -2.11. The molecule has 0 aliphatic heterocycles. The van der Waals surface area contributed by atoms with Crippen LogP contribution in [0.3, 0.4) is 0 Å². The monoisotopic (exact) mass is 598 g/mol. The van der Waals surface area contributed by atoms with Gasteiger partial charge in [0.1, 0.15) is 5.75 Å². The van der Waals surface area contributed by atoms with Gasteiger partial charge in [0.05, 0.1) is 29.2 Å². The van der Waals surface area contributed by atoms with Gasteiger partial charge in [-0.05, 0) is 74.0 Å². The van der Waals surface area contributed by atoms with Gasteiger partial charge in [-0.15, -0.1) is 10.2 Å². The molecular formula is C27H30N6O6S2. The largest absolute Gasteiger partial charge is 0.494 e. The molecule has 12 nitrogen and oxygen atoms in total. The smallest absolute Gasteiger partial charge is 0.328 e. The minimum atomic E-state index is -4.05. The number of anilines is 1. The van der Waals surface area contributed by atoms with E-state index in [1.165, 1.54) is 36.0 Å². The minimum Gasteiger partial charge on any atom is -0.494 e. The quantitative estimate of drug-likeness (QED) is 0.149. The molecule has 3 amide bonds. The number of nitrogens with one attached hydrogen (secondary N) is 3. The molecule has 0 spiro atoms. The topological polar surface area (TPSA) is 157 Å². The SMILES string of the molecule is CCCCNC(=O)NS(=O)(=O)c1ccc(NC(=O)CSc2nnc(-c3ccco3)n2-c2ccc(OCC)cc2)cc1. The van der Waals surface area contributed by atoms with E-state index in [1.807, 2.05) is 42.8 Å². The van der Waals surface area contributed by atoms with Crippen LogP contribution in [0.5, 0.6) is 5.75 Å². The molecule has 0 bridgehead atoms. The summed E-state index contributed by atoms with van der Waals surface area (Å²) < 4.78 is 39.8. The second-order valence-electron chi connectivity index (χ2n) is 8.62. The number of nitrogens with zero attached hydrogens (tertiary/aromatic N) is 3. The summed E-state index contributed by atoms with van der Waals surface area (Å²) in [4.78, 5) is 24.5. The van der Waals surface area contributed by atoms with Crippen LogP contribution in [-0.4, -0.2) is 54.0 Å². The van der Waals surface area contributed by atoms with Crippen molar-refractivity contribution in [1.29, 1.82) is 0 Å². The van der Waals surface area contributed by atoms with E-state index in [-0.39, 0.29) is 16.6 Å². The van der Waals surface area contributed by atoms with E-state index in [2.05, 4.69) is 20.8 Å². The molecule has 3 N–H and O–H groups in total. The molecule has 0 atom stereocenters. The number of amides is 3. The number of hydrogen-bond donors (Lipinski definition) is 3. The fourth-order valence-electron chi connectivity index (χ4n) is 3.66. The van der Waals surface area contributed by atoms with Crippen LogP contribution in [0.1, 0.15) is 26.7 Å². The van der Waals surface area contributed by atoms with Gasteiger partial charge < -0.3 is 19.8 Å². The standard InChI is InChI=1S/C27H30N6O6S2/c1-3-5-16-28-26(35)32-41(36,37)22-14-8-19(9-15-22)29-24(34)18-40-27-31-30-25(23-7-6-17-39-23)33(27)20-10-12-21(13-11-20)38-4-2/h6-15,17H,3-5,16,18H2,1-2H3,(H,29,34)(H2,28,32,35). The lowest BCUT2D eigenvalue weighted by Crippen LogP contribution is -2.39. The summed E-state index contributed by atoms with van der Waals surface area (Å²) in [6.45, 7) is 4.79. The average Bonchev–Trinajstić information content (AvgIpc) is 3.63. The number of ether oxygens (including phenoxy) is 1. The van der Waals surface area contributed by atoms with Crippen LogP contribution >= 0.6 is 11.8 Å². The zero-order valence-electron chi connectivity index (χ0n) is 22.5. The number of benzene rings is 2. The third kappa shape index (κ3) is 7.89. The number of aromatic nitrogens is 3. The highest BCUT2D eigenvalue weighted by Crippen LogP contribution is 2.29. The second kappa shape index (κ2) is 13.9. The third-order valence-electron chi connectivity index (χ3n) is 5.60. The summed E-state index contributed by atoms with van der Waals surface area (Å²) in [5, 5.41) is 14.2. The number of unbranched alkanes of at least 4 members (excludes halogenated alkanes) is 1. The van der Waals surface area contributed by atoms with Crippen molar-refractivity contribution in [2.24, 2.45) is 0 Å². The van der Waals surface area contributed by atoms with E-state index < -0.39 is 16.1 Å². The van der Waals surface area contributed by atoms with Crippen molar-refractivity contribution in [3.8, 4) is 23.0 Å². The van der Waals surface area contributed by atoms with Crippen LogP contribution in [0.4, 0.5) is 10.5 Å². The molecule has 4 aromatic rings. The van der Waals surface area contributed by atoms with Crippen molar-refractivity contribution >= 4 is 39.4 Å². The van der Waals surface area contributed by atoms with Gasteiger partial charge in [0.15, 0.2) is 10.9 Å². The predicted molar refractivity (Wildman–Crippen MR) is 155 cm³/mol. The van der Waals surface area contributed by atoms with Crippen molar-refractivity contribution in [2.75, 3.05) is 24.2 Å². The molecule has 0 radical (unpaired) electrons. The summed E-state index contributed by atoms with van der Waals surface area (Å²) in [5.41, 5.74) is 1.16. The Bertz CT molecular complexity index is 1550. The summed E-state index contributed by atoms with van der Waals surface area (Å²) in [6.07, 6.45) is 3.15. The highest BCUT2D eigenvalue weighted by molar-refractivity contribution is 7.99. The van der Waals surface area contributed by atoms with Crippen molar-refractivity contribution in [2.45, 2.75) is 36.7 Å². The van der Waals surface area contributed by atoms with Gasteiger partial charge in [-0.3, -0.25) is 9.36 Å². The van der Waals surface area contributed by atoms with Gasteiger partial charge in [0.25, 0.3) is 10.0 Å². The number of carbonyl (C=O) groups is 2. The molecule has 216 valence electrons. The molecule has 0 saturated heterocycles. The number of furan rings is 1. The summed E-state index contributed by atoms with van der Waals surface area (Å²) in [6, 6.07) is 15.7. The molecule has 0 unspecified atom stereocenters. The molecule has 14 heteroatoms. The van der Waals surface area contributed by atoms with E-state index in [4.69, 9.17) is 9.15 Å². The van der Waals surface area contributed by atoms with Crippen LogP contribution in [-0.2, 0) is 14.8 Å². The first kappa shape index (κ1) is 29.7. The van der Waals surface area contributed by atoms with Crippen molar-refractivity contribution in [3.63, 3.8) is 0 Å². The summed E-state index contributed by atoms with van der Waals surface area (Å²) >= 11 is 1.18. The predicted octanol–water partition coefficient (Wildman–Crippen LogP) is 4.44. The average molecular weight is 599 g/mol. The van der Waals surface area contributed by atoms with Crippen molar-refractivity contribution < 1.29 is 27.2 Å². The molecule has 2 heterocycles. The third-order valence-corrected chi connectivity index (χ3v) is 7.88. The van der Waals surface area contributed by atoms with E-state index in [0.29, 0.717) is 35.6 Å². The molecule has 4 rings (SSSR count). The number of thioether (sulfide) groups is 1. The Balaban J connectivity index is 1.41. The maximum absolute atomic E-state index is 12.7. The Morgan fingerprint density at radius 2 is 1.78 bits per heavy atom. The molecule has 41 heavy (non-hydrogen) atoms. The van der Waals surface area contributed by atoms with Crippen LogP contribution < -0.4 is 20.1 Å². The second-order valence-corrected chi connectivity index (χ2v) is 11.2. The van der Waals surface area contributed by atoms with E-state index in [9.17, 15) is 18.0 Å².